The van der Waals surface area contributed by atoms with Gasteiger partial charge in [0.05, 0.1) is 23.5 Å². The largest absolute Gasteiger partial charge is 0.346 e. The maximum Gasteiger partial charge on any atom is 0.253 e. The Morgan fingerprint density at radius 1 is 1.23 bits per heavy atom. The first kappa shape index (κ1) is 26.1. The lowest BCUT2D eigenvalue weighted by Gasteiger charge is -2.54. The van der Waals surface area contributed by atoms with E-state index in [4.69, 9.17) is 10.8 Å². The van der Waals surface area contributed by atoms with Crippen LogP contribution in [0.3, 0.4) is 0 Å². The van der Waals surface area contributed by atoms with Crippen LogP contribution in [0, 0.1) is 11.3 Å². The van der Waals surface area contributed by atoms with Gasteiger partial charge in [-0.15, -0.1) is 0 Å². The van der Waals surface area contributed by atoms with E-state index < -0.39 is 0 Å². The van der Waals surface area contributed by atoms with Crippen molar-refractivity contribution in [3.8, 4) is 17.3 Å². The molecule has 206 valence electrons. The zero-order valence-electron chi connectivity index (χ0n) is 22.9. The number of aromatic nitrogens is 5. The van der Waals surface area contributed by atoms with Crippen molar-refractivity contribution < 1.29 is 4.79 Å². The molecule has 2 aliphatic rings. The Morgan fingerprint density at radius 2 is 2.02 bits per heavy atom. The fourth-order valence-electron chi connectivity index (χ4n) is 6.10. The number of nitrogens with two attached hydrogens (primary N) is 1. The van der Waals surface area contributed by atoms with E-state index in [0.29, 0.717) is 43.3 Å². The highest BCUT2D eigenvalue weighted by Gasteiger charge is 2.47. The van der Waals surface area contributed by atoms with Crippen LogP contribution in [-0.2, 0) is 12.1 Å². The third kappa shape index (κ3) is 4.75. The van der Waals surface area contributed by atoms with Gasteiger partial charge in [-0.05, 0) is 56.8 Å². The summed E-state index contributed by atoms with van der Waals surface area (Å²) in [5.74, 6) is 0.000734. The van der Waals surface area contributed by atoms with Crippen LogP contribution in [0.1, 0.15) is 34.3 Å². The summed E-state index contributed by atoms with van der Waals surface area (Å²) in [6, 6.07) is 10.1. The van der Waals surface area contributed by atoms with E-state index in [1.165, 1.54) is 0 Å². The van der Waals surface area contributed by atoms with Crippen LogP contribution in [0.15, 0.2) is 49.2 Å². The Labute approximate surface area is 233 Å². The summed E-state index contributed by atoms with van der Waals surface area (Å²) < 4.78 is 2.01. The van der Waals surface area contributed by atoms with Gasteiger partial charge in [0.25, 0.3) is 5.91 Å². The van der Waals surface area contributed by atoms with Crippen LogP contribution in [0.2, 0.25) is 0 Å². The van der Waals surface area contributed by atoms with Crippen molar-refractivity contribution in [2.75, 3.05) is 46.8 Å². The number of carbonyl (C=O) groups is 1. The van der Waals surface area contributed by atoms with Gasteiger partial charge in [-0.1, -0.05) is 0 Å². The van der Waals surface area contributed by atoms with Crippen molar-refractivity contribution in [1.29, 1.82) is 5.26 Å². The van der Waals surface area contributed by atoms with Crippen LogP contribution < -0.4 is 5.73 Å². The van der Waals surface area contributed by atoms with Gasteiger partial charge < -0.3 is 20.5 Å². The molecular formula is C29H34N10O. The van der Waals surface area contributed by atoms with Crippen molar-refractivity contribution in [3.63, 3.8) is 0 Å². The number of benzene rings is 1. The molecule has 1 aromatic carbocycles. The van der Waals surface area contributed by atoms with Gasteiger partial charge in [0.2, 0.25) is 0 Å². The van der Waals surface area contributed by atoms with Gasteiger partial charge in [0.15, 0.2) is 0 Å². The Hall–Kier alpha value is -4.11. The summed E-state index contributed by atoms with van der Waals surface area (Å²) in [6.45, 7) is 4.22. The van der Waals surface area contributed by atoms with Crippen molar-refractivity contribution in [2.45, 2.75) is 31.0 Å². The van der Waals surface area contributed by atoms with Crippen LogP contribution in [0.4, 0.5) is 0 Å². The number of fused-ring (bicyclic) bond motifs is 1. The number of nitrogens with zero attached hydrogens (tertiary/aromatic N) is 8. The first-order valence-corrected chi connectivity index (χ1v) is 13.6. The number of nitrogens with one attached hydrogen (secondary N) is 1. The molecule has 5 heterocycles. The molecule has 0 bridgehead atoms. The van der Waals surface area contributed by atoms with Crippen molar-refractivity contribution in [3.05, 3.63) is 65.9 Å². The zero-order valence-corrected chi connectivity index (χ0v) is 22.9. The fraction of sp³-hybridized carbons (Fsp3) is 0.414. The van der Waals surface area contributed by atoms with E-state index in [9.17, 15) is 10.1 Å². The van der Waals surface area contributed by atoms with E-state index in [-0.39, 0.29) is 11.4 Å². The van der Waals surface area contributed by atoms with E-state index in [1.54, 1.807) is 12.4 Å². The fourth-order valence-corrected chi connectivity index (χ4v) is 6.10. The molecular weight excluding hydrogens is 504 g/mol. The minimum atomic E-state index is -0.254. The Balaban J connectivity index is 1.09. The smallest absolute Gasteiger partial charge is 0.253 e. The summed E-state index contributed by atoms with van der Waals surface area (Å²) in [7, 11) is 3.95. The van der Waals surface area contributed by atoms with Crippen LogP contribution >= 0.6 is 0 Å². The normalized spacial score (nSPS) is 17.7. The molecule has 0 saturated carbocycles. The number of nitriles is 1. The van der Waals surface area contributed by atoms with Gasteiger partial charge in [-0.3, -0.25) is 14.4 Å². The number of carbonyl (C=O) groups excluding carboxylic acids is 1. The summed E-state index contributed by atoms with van der Waals surface area (Å²) in [5, 5.41) is 15.1. The number of amides is 1. The number of H-pyrrole nitrogens is 1. The third-order valence-corrected chi connectivity index (χ3v) is 8.21. The number of piperidine rings is 1. The van der Waals surface area contributed by atoms with Gasteiger partial charge in [-0.2, -0.15) is 10.4 Å². The first-order chi connectivity index (χ1) is 19.4. The molecule has 2 saturated heterocycles. The molecule has 40 heavy (non-hydrogen) atoms. The molecule has 6 rings (SSSR count). The van der Waals surface area contributed by atoms with Crippen molar-refractivity contribution >= 4 is 16.9 Å². The number of hydrogen-bond acceptors (Lipinski definition) is 8. The second-order valence-corrected chi connectivity index (χ2v) is 11.3. The van der Waals surface area contributed by atoms with E-state index in [2.05, 4.69) is 25.9 Å². The van der Waals surface area contributed by atoms with Crippen LogP contribution in [0.5, 0.6) is 0 Å². The highest BCUT2D eigenvalue weighted by atomic mass is 16.2. The lowest BCUT2D eigenvalue weighted by atomic mass is 9.86. The first-order valence-electron chi connectivity index (χ1n) is 13.6. The predicted octanol–water partition coefficient (Wildman–Crippen LogP) is 2.03. The Bertz CT molecular complexity index is 1570. The molecule has 11 nitrogen and oxygen atoms in total. The number of hydrogen-bond donors (Lipinski definition) is 2. The van der Waals surface area contributed by atoms with Crippen LogP contribution in [0.25, 0.3) is 22.3 Å². The van der Waals surface area contributed by atoms with Gasteiger partial charge >= 0.3 is 0 Å². The summed E-state index contributed by atoms with van der Waals surface area (Å²) in [4.78, 5) is 31.7. The molecule has 0 unspecified atom stereocenters. The standard InChI is InChI=1S/C29H34N10O/c1-36(2)14-21-9-20(12-30)10-22(11-21)28(40)37-7-4-24(5-8-37)38-17-29(16-31,18-38)39-15-23(13-35-39)26-25-3-6-32-27(25)34-19-33-26/h3,6,9-11,13,15,19,24H,4-5,7-8,14,16-18,31H2,1-2H3,(H,32,33,34). The monoisotopic (exact) mass is 538 g/mol. The zero-order chi connectivity index (χ0) is 27.9. The summed E-state index contributed by atoms with van der Waals surface area (Å²) in [5.41, 5.74) is 10.7. The molecule has 0 atom stereocenters. The van der Waals surface area contributed by atoms with Crippen molar-refractivity contribution in [2.24, 2.45) is 5.73 Å². The second-order valence-electron chi connectivity index (χ2n) is 11.3. The maximum absolute atomic E-state index is 13.3. The second kappa shape index (κ2) is 10.5. The highest BCUT2D eigenvalue weighted by molar-refractivity contribution is 5.95. The molecule has 4 aromatic rings. The molecule has 3 aromatic heterocycles. The molecule has 0 spiro atoms. The number of likely N-dealkylation sites (tertiary alicyclic amines) is 2. The predicted molar refractivity (Wildman–Crippen MR) is 151 cm³/mol. The SMILES string of the molecule is CN(C)Cc1cc(C#N)cc(C(=O)N2CCC(N3CC(CN)(n4cc(-c5ncnc6[nH]ccc56)cn4)C3)CC2)c1. The lowest BCUT2D eigenvalue weighted by Crippen LogP contribution is -2.69. The number of aromatic amines is 1. The summed E-state index contributed by atoms with van der Waals surface area (Å²) in [6.07, 6.45) is 9.14. The molecule has 3 N–H and O–H groups in total. The van der Waals surface area contributed by atoms with Gasteiger partial charge in [-0.25, -0.2) is 9.97 Å². The maximum atomic E-state index is 13.3. The Morgan fingerprint density at radius 3 is 2.75 bits per heavy atom. The average molecular weight is 539 g/mol. The summed E-state index contributed by atoms with van der Waals surface area (Å²) >= 11 is 0. The van der Waals surface area contributed by atoms with E-state index in [1.807, 2.05) is 65.4 Å². The Kier molecular flexibility index (Phi) is 6.83. The molecule has 0 radical (unpaired) electrons. The highest BCUT2D eigenvalue weighted by Crippen LogP contribution is 2.34. The average Bonchev–Trinajstić information content (AvgIpc) is 3.63. The third-order valence-electron chi connectivity index (χ3n) is 8.21. The molecule has 1 amide bonds. The molecule has 2 fully saturated rings. The number of rotatable bonds is 7. The molecule has 11 heteroatoms. The van der Waals surface area contributed by atoms with E-state index in [0.717, 1.165) is 53.8 Å². The van der Waals surface area contributed by atoms with Crippen LogP contribution in [-0.4, -0.2) is 98.2 Å². The topological polar surface area (TPSA) is 136 Å². The van der Waals surface area contributed by atoms with Gasteiger partial charge in [0, 0.05) is 74.2 Å². The molecule has 0 aliphatic carbocycles. The lowest BCUT2D eigenvalue weighted by molar-refractivity contribution is -0.0385. The van der Waals surface area contributed by atoms with E-state index >= 15 is 0 Å². The van der Waals surface area contributed by atoms with Crippen molar-refractivity contribution in [1.82, 2.24) is 39.4 Å². The quantitative estimate of drug-likeness (QED) is 0.365. The molecule has 2 aliphatic heterocycles. The minimum absolute atomic E-state index is 0.000734. The minimum Gasteiger partial charge on any atom is -0.346 e. The van der Waals surface area contributed by atoms with Gasteiger partial charge in [0.1, 0.15) is 17.5 Å².